The number of hydrogen-bond acceptors (Lipinski definition) is 4. The summed E-state index contributed by atoms with van der Waals surface area (Å²) in [5.74, 6) is -0.524. The van der Waals surface area contributed by atoms with E-state index in [9.17, 15) is 18.0 Å². The number of fused-ring (bicyclic) bond motifs is 1. The molecule has 1 aliphatic rings. The van der Waals surface area contributed by atoms with E-state index in [4.69, 9.17) is 5.73 Å². The molecule has 3 heterocycles. The van der Waals surface area contributed by atoms with Crippen molar-refractivity contribution in [2.24, 2.45) is 0 Å². The molecular weight excluding hydrogens is 419 g/mol. The number of carbonyl (C=O) groups is 1. The predicted molar refractivity (Wildman–Crippen MR) is 116 cm³/mol. The Labute approximate surface area is 184 Å². The number of carbonyl (C=O) groups excluding carboxylic acids is 1. The number of benzene rings is 1. The largest absolute Gasteiger partial charge is 0.417 e. The second-order valence-electron chi connectivity index (χ2n) is 9.01. The minimum absolute atomic E-state index is 0.0489. The number of halogens is 3. The van der Waals surface area contributed by atoms with Crippen LogP contribution in [0.25, 0.3) is 11.0 Å². The van der Waals surface area contributed by atoms with Crippen molar-refractivity contribution in [1.82, 2.24) is 20.1 Å². The number of H-pyrrole nitrogens is 1. The molecule has 4 rings (SSSR count). The van der Waals surface area contributed by atoms with Gasteiger partial charge in [0.25, 0.3) is 0 Å². The minimum atomic E-state index is -4.59. The molecule has 1 aliphatic heterocycles. The van der Waals surface area contributed by atoms with Gasteiger partial charge in [-0.2, -0.15) is 18.3 Å². The third-order valence-electron chi connectivity index (χ3n) is 6.31. The number of pyridine rings is 1. The topological polar surface area (TPSA) is 87.9 Å². The van der Waals surface area contributed by atoms with Crippen molar-refractivity contribution < 1.29 is 18.0 Å². The molecule has 0 spiro atoms. The van der Waals surface area contributed by atoms with Gasteiger partial charge in [0.1, 0.15) is 5.82 Å². The molecule has 1 saturated heterocycles. The molecule has 0 aliphatic carbocycles. The van der Waals surface area contributed by atoms with E-state index >= 15 is 0 Å². The average molecular weight is 445 g/mol. The van der Waals surface area contributed by atoms with Crippen LogP contribution in [0.4, 0.5) is 19.0 Å². The summed E-state index contributed by atoms with van der Waals surface area (Å²) in [6, 6.07) is 8.88. The van der Waals surface area contributed by atoms with Crippen molar-refractivity contribution >= 4 is 22.8 Å². The number of aromatic nitrogens is 3. The van der Waals surface area contributed by atoms with Crippen LogP contribution in [0.2, 0.25) is 0 Å². The summed E-state index contributed by atoms with van der Waals surface area (Å²) in [7, 11) is 0. The molecule has 1 aromatic carbocycles. The average Bonchev–Trinajstić information content (AvgIpc) is 3.13. The number of anilines is 1. The molecule has 3 aromatic rings. The number of nitrogens with one attached hydrogen (secondary N) is 1. The van der Waals surface area contributed by atoms with Gasteiger partial charge in [0.05, 0.1) is 16.4 Å². The van der Waals surface area contributed by atoms with Gasteiger partial charge < -0.3 is 10.6 Å². The number of aromatic amines is 1. The Morgan fingerprint density at radius 1 is 1.22 bits per heavy atom. The van der Waals surface area contributed by atoms with Crippen LogP contribution in [0.5, 0.6) is 0 Å². The molecule has 9 heteroatoms. The summed E-state index contributed by atoms with van der Waals surface area (Å²) in [5, 5.41) is 6.02. The summed E-state index contributed by atoms with van der Waals surface area (Å²) in [6.45, 7) is 6.61. The Morgan fingerprint density at radius 2 is 1.91 bits per heavy atom. The molecule has 0 radical (unpaired) electrons. The SMILES string of the molecule is Cc1ccc(C(C)(C)C(=O)N2CCC[C@H](c3cc(C(F)(F)F)c4c(N)[nH]nc4n3)C2)cc1. The van der Waals surface area contributed by atoms with Crippen molar-refractivity contribution in [2.45, 2.75) is 51.1 Å². The number of nitrogens with zero attached hydrogens (tertiary/aromatic N) is 3. The third-order valence-corrected chi connectivity index (χ3v) is 6.31. The molecule has 0 unspecified atom stereocenters. The molecule has 0 saturated carbocycles. The first-order valence-corrected chi connectivity index (χ1v) is 10.6. The Morgan fingerprint density at radius 3 is 2.56 bits per heavy atom. The molecule has 2 aromatic heterocycles. The molecule has 3 N–H and O–H groups in total. The highest BCUT2D eigenvalue weighted by molar-refractivity contribution is 5.90. The highest BCUT2D eigenvalue weighted by Gasteiger charge is 2.39. The monoisotopic (exact) mass is 445 g/mol. The molecule has 1 fully saturated rings. The van der Waals surface area contributed by atoms with E-state index in [0.717, 1.165) is 17.2 Å². The van der Waals surface area contributed by atoms with E-state index in [0.29, 0.717) is 25.9 Å². The summed E-state index contributed by atoms with van der Waals surface area (Å²) in [6.07, 6.45) is -3.26. The number of nitrogens with two attached hydrogens (primary N) is 1. The zero-order valence-corrected chi connectivity index (χ0v) is 18.3. The standard InChI is InChI=1S/C23H26F3N5O/c1-13-6-8-15(9-7-13)22(2,3)21(32)31-10-4-5-14(12-31)17-11-16(23(24,25)26)18-19(27)29-30-20(18)28-17/h6-9,11,14H,4-5,10,12H2,1-3H3,(H3,27,28,29,30)/t14-/m0/s1. The zero-order chi connectivity index (χ0) is 23.3. The first-order chi connectivity index (χ1) is 15.0. The summed E-state index contributed by atoms with van der Waals surface area (Å²) in [5.41, 5.74) is 6.29. The lowest BCUT2D eigenvalue weighted by atomic mass is 9.81. The first kappa shape index (κ1) is 22.1. The Bertz CT molecular complexity index is 1150. The van der Waals surface area contributed by atoms with Gasteiger partial charge in [-0.1, -0.05) is 29.8 Å². The maximum absolute atomic E-state index is 13.7. The molecule has 1 atom stereocenters. The van der Waals surface area contributed by atoms with Crippen LogP contribution in [-0.2, 0) is 16.4 Å². The number of likely N-dealkylation sites (tertiary alicyclic amines) is 1. The number of rotatable bonds is 3. The Balaban J connectivity index is 1.64. The van der Waals surface area contributed by atoms with E-state index in [-0.39, 0.29) is 34.4 Å². The van der Waals surface area contributed by atoms with E-state index in [2.05, 4.69) is 15.2 Å². The number of amides is 1. The minimum Gasteiger partial charge on any atom is -0.383 e. The van der Waals surface area contributed by atoms with Gasteiger partial charge in [-0.15, -0.1) is 0 Å². The van der Waals surface area contributed by atoms with Gasteiger partial charge in [-0.25, -0.2) is 4.98 Å². The maximum atomic E-state index is 13.7. The number of piperidine rings is 1. The lowest BCUT2D eigenvalue weighted by molar-refractivity contribution is -0.138. The maximum Gasteiger partial charge on any atom is 0.417 e. The zero-order valence-electron chi connectivity index (χ0n) is 18.3. The van der Waals surface area contributed by atoms with Gasteiger partial charge in [0.2, 0.25) is 5.91 Å². The van der Waals surface area contributed by atoms with Gasteiger partial charge in [-0.3, -0.25) is 9.89 Å². The second kappa shape index (κ2) is 7.79. The highest BCUT2D eigenvalue weighted by Crippen LogP contribution is 2.39. The van der Waals surface area contributed by atoms with Crippen LogP contribution in [-0.4, -0.2) is 39.1 Å². The van der Waals surface area contributed by atoms with Crippen LogP contribution in [0.15, 0.2) is 30.3 Å². The number of hydrogen-bond donors (Lipinski definition) is 2. The first-order valence-electron chi connectivity index (χ1n) is 10.6. The van der Waals surface area contributed by atoms with Crippen molar-refractivity contribution in [3.05, 3.63) is 52.7 Å². The summed E-state index contributed by atoms with van der Waals surface area (Å²) >= 11 is 0. The lowest BCUT2D eigenvalue weighted by Crippen LogP contribution is -2.47. The Hall–Kier alpha value is -3.10. The fraction of sp³-hybridized carbons (Fsp3) is 0.435. The van der Waals surface area contributed by atoms with E-state index in [1.165, 1.54) is 0 Å². The molecule has 6 nitrogen and oxygen atoms in total. The van der Waals surface area contributed by atoms with Crippen LogP contribution in [0.3, 0.4) is 0 Å². The number of aryl methyl sites for hydroxylation is 1. The highest BCUT2D eigenvalue weighted by atomic mass is 19.4. The number of alkyl halides is 3. The van der Waals surface area contributed by atoms with Gasteiger partial charge in [0, 0.05) is 24.7 Å². The van der Waals surface area contributed by atoms with E-state index in [1.807, 2.05) is 45.0 Å². The van der Waals surface area contributed by atoms with Crippen molar-refractivity contribution in [3.8, 4) is 0 Å². The summed E-state index contributed by atoms with van der Waals surface area (Å²) < 4.78 is 41.1. The predicted octanol–water partition coefficient (Wildman–Crippen LogP) is 4.55. The molecular formula is C23H26F3N5O. The second-order valence-corrected chi connectivity index (χ2v) is 9.01. The van der Waals surface area contributed by atoms with E-state index < -0.39 is 17.2 Å². The molecule has 0 bridgehead atoms. The smallest absolute Gasteiger partial charge is 0.383 e. The fourth-order valence-electron chi connectivity index (χ4n) is 4.39. The molecule has 32 heavy (non-hydrogen) atoms. The molecule has 170 valence electrons. The molecule has 1 amide bonds. The third kappa shape index (κ3) is 3.91. The van der Waals surface area contributed by atoms with Crippen molar-refractivity contribution in [2.75, 3.05) is 18.8 Å². The quantitative estimate of drug-likeness (QED) is 0.619. The van der Waals surface area contributed by atoms with Gasteiger partial charge in [-0.05, 0) is 45.2 Å². The van der Waals surface area contributed by atoms with Crippen LogP contribution in [0.1, 0.15) is 55.0 Å². The lowest BCUT2D eigenvalue weighted by Gasteiger charge is -2.38. The van der Waals surface area contributed by atoms with Crippen LogP contribution in [0, 0.1) is 6.92 Å². The van der Waals surface area contributed by atoms with Gasteiger partial charge >= 0.3 is 6.18 Å². The fourth-order valence-corrected chi connectivity index (χ4v) is 4.39. The van der Waals surface area contributed by atoms with Crippen molar-refractivity contribution in [1.29, 1.82) is 0 Å². The Kier molecular flexibility index (Phi) is 5.38. The van der Waals surface area contributed by atoms with Gasteiger partial charge in [0.15, 0.2) is 5.65 Å². The van der Waals surface area contributed by atoms with Crippen molar-refractivity contribution in [3.63, 3.8) is 0 Å². The summed E-state index contributed by atoms with van der Waals surface area (Å²) in [4.78, 5) is 19.5. The van der Waals surface area contributed by atoms with Crippen LogP contribution < -0.4 is 5.73 Å². The van der Waals surface area contributed by atoms with E-state index in [1.54, 1.807) is 4.90 Å². The normalized spacial score (nSPS) is 17.7. The number of nitrogen functional groups attached to an aromatic ring is 1. The van der Waals surface area contributed by atoms with Crippen LogP contribution >= 0.6 is 0 Å².